The molecule has 0 atom stereocenters. The minimum atomic E-state index is -0.559. The molecule has 12 aromatic rings. The van der Waals surface area contributed by atoms with E-state index in [1.165, 1.54) is 25.6 Å². The van der Waals surface area contributed by atoms with Crippen LogP contribution in [-0.2, 0) is 0 Å². The molecule has 0 aliphatic rings. The summed E-state index contributed by atoms with van der Waals surface area (Å²) in [5.74, 6) is -0.302. The van der Waals surface area contributed by atoms with Crippen molar-refractivity contribution in [3.05, 3.63) is 158 Å². The number of oxazole rings is 1. The number of hydrogen-bond acceptors (Lipinski definition) is 4. The van der Waals surface area contributed by atoms with Crippen LogP contribution in [0.1, 0.15) is 11.0 Å². The highest BCUT2D eigenvalue weighted by atomic mass is 32.1. The molecule has 0 N–H and O–H groups in total. The Kier molecular flexibility index (Phi) is 4.31. The van der Waals surface area contributed by atoms with Gasteiger partial charge in [-0.25, -0.2) is 4.98 Å². The summed E-state index contributed by atoms with van der Waals surface area (Å²) < 4.78 is 85.3. The fourth-order valence-electron chi connectivity index (χ4n) is 7.88. The molecule has 0 saturated heterocycles. The highest BCUT2D eigenvalue weighted by Gasteiger charge is 2.21. The van der Waals surface area contributed by atoms with Crippen LogP contribution >= 0.6 is 11.3 Å². The highest BCUT2D eigenvalue weighted by Crippen LogP contribution is 2.45. The van der Waals surface area contributed by atoms with Crippen molar-refractivity contribution in [1.82, 2.24) is 9.55 Å². The van der Waals surface area contributed by atoms with Crippen molar-refractivity contribution in [2.24, 2.45) is 0 Å². The van der Waals surface area contributed by atoms with Crippen LogP contribution in [0.2, 0.25) is 0 Å². The fourth-order valence-corrected chi connectivity index (χ4v) is 9.14. The van der Waals surface area contributed by atoms with Crippen LogP contribution in [0.15, 0.2) is 166 Å². The summed E-state index contributed by atoms with van der Waals surface area (Å²) in [5.41, 5.74) is 4.67. The van der Waals surface area contributed by atoms with Crippen LogP contribution in [0.5, 0.6) is 0 Å². The van der Waals surface area contributed by atoms with Crippen molar-refractivity contribution in [3.8, 4) is 28.3 Å². The molecule has 4 nitrogen and oxygen atoms in total. The third-order valence-corrected chi connectivity index (χ3v) is 11.3. The van der Waals surface area contributed by atoms with E-state index in [4.69, 9.17) is 19.8 Å². The monoisotopic (exact) mass is 690 g/mol. The molecule has 4 aromatic heterocycles. The highest BCUT2D eigenvalue weighted by molar-refractivity contribution is 7.26. The molecule has 0 spiro atoms. The summed E-state index contributed by atoms with van der Waals surface area (Å²) in [4.78, 5) is 4.55. The average Bonchev–Trinajstić information content (AvgIpc) is 4.04. The van der Waals surface area contributed by atoms with Crippen molar-refractivity contribution in [1.29, 1.82) is 0 Å². The zero-order chi connectivity index (χ0) is 40.9. The summed E-state index contributed by atoms with van der Waals surface area (Å²) in [7, 11) is 0. The number of rotatable bonds is 3. The third-order valence-electron chi connectivity index (χ3n) is 10.1. The molecule has 8 aromatic carbocycles. The van der Waals surface area contributed by atoms with Crippen molar-refractivity contribution < 1.29 is 19.8 Å². The van der Waals surface area contributed by atoms with Gasteiger partial charge in [0, 0.05) is 58.2 Å². The standard InChI is InChI=1S/C47H26N2O2S/c1-2-10-28(11-3-1)47-48-44-30(15-9-18-39(44)51-47)29-21-22-31-33-23-20-27-12-8-17-37(42(27)45(33)50-40(31)26-29)49-36-16-6-4-14-35(36)43-38(49)25-24-34-32-13-5-7-19-41(32)52-46(34)43/h1-26H/i1D,2D,3D,9D,10D,11D,15D,18D. The number of benzene rings is 8. The van der Waals surface area contributed by atoms with E-state index >= 15 is 0 Å². The molecular formula is C47H26N2O2S. The molecular weight excluding hydrogens is 657 g/mol. The van der Waals surface area contributed by atoms with Crippen LogP contribution < -0.4 is 0 Å². The Hall–Kier alpha value is -6.69. The Morgan fingerprint density at radius 1 is 0.577 bits per heavy atom. The number of hydrogen-bond donors (Lipinski definition) is 0. The smallest absolute Gasteiger partial charge is 0.227 e. The Morgan fingerprint density at radius 2 is 1.42 bits per heavy atom. The van der Waals surface area contributed by atoms with E-state index in [-0.39, 0.29) is 34.2 Å². The Balaban J connectivity index is 1.09. The number of nitrogens with zero attached hydrogens (tertiary/aromatic N) is 2. The van der Waals surface area contributed by atoms with Crippen LogP contribution in [0.3, 0.4) is 0 Å². The van der Waals surface area contributed by atoms with E-state index in [2.05, 4.69) is 101 Å². The first-order chi connectivity index (χ1) is 29.1. The van der Waals surface area contributed by atoms with Gasteiger partial charge in [-0.15, -0.1) is 11.3 Å². The second kappa shape index (κ2) is 10.4. The first-order valence-electron chi connectivity index (χ1n) is 20.8. The normalized spacial score (nSPS) is 14.4. The van der Waals surface area contributed by atoms with Gasteiger partial charge in [0.05, 0.1) is 27.7 Å². The first-order valence-corrected chi connectivity index (χ1v) is 17.6. The number of aromatic nitrogens is 2. The molecule has 5 heteroatoms. The summed E-state index contributed by atoms with van der Waals surface area (Å²) in [6, 6.07) is 33.6. The summed E-state index contributed by atoms with van der Waals surface area (Å²) >= 11 is 1.81. The SMILES string of the molecule is [2H]c1c([2H])c([2H])c(-c2nc3c(-c4ccc5c(c4)oc4c5ccc5cccc(-n6c7ccccc7c7c8sc9ccccc9c8ccc76)c54)c([2H])c([2H])c([2H])c3o2)c([2H])c1[2H]. The molecule has 0 unspecified atom stereocenters. The zero-order valence-corrected chi connectivity index (χ0v) is 27.8. The predicted octanol–water partition coefficient (Wildman–Crippen LogP) is 13.7. The van der Waals surface area contributed by atoms with E-state index in [1.807, 2.05) is 23.5 Å². The van der Waals surface area contributed by atoms with Gasteiger partial charge in [-0.2, -0.15) is 0 Å². The molecule has 0 aliphatic heterocycles. The van der Waals surface area contributed by atoms with Crippen molar-refractivity contribution in [2.45, 2.75) is 0 Å². The second-order valence-electron chi connectivity index (χ2n) is 12.9. The zero-order valence-electron chi connectivity index (χ0n) is 35.0. The minimum absolute atomic E-state index is 0.0603. The molecule has 12 rings (SSSR count). The molecule has 52 heavy (non-hydrogen) atoms. The summed E-state index contributed by atoms with van der Waals surface area (Å²) in [5, 5.41) is 8.51. The Bertz CT molecular complexity index is 3870. The quantitative estimate of drug-likeness (QED) is 0.185. The van der Waals surface area contributed by atoms with Gasteiger partial charge in [0.25, 0.3) is 0 Å². The maximum absolute atomic E-state index is 9.02. The number of para-hydroxylation sites is 2. The average molecular weight is 691 g/mol. The largest absolute Gasteiger partial charge is 0.455 e. The van der Waals surface area contributed by atoms with Crippen LogP contribution in [0, 0.1) is 0 Å². The van der Waals surface area contributed by atoms with Gasteiger partial charge in [-0.3, -0.25) is 0 Å². The molecule has 242 valence electrons. The topological polar surface area (TPSA) is 44.1 Å². The van der Waals surface area contributed by atoms with Crippen LogP contribution in [0.4, 0.5) is 0 Å². The van der Waals surface area contributed by atoms with E-state index < -0.39 is 42.3 Å². The van der Waals surface area contributed by atoms with Gasteiger partial charge in [-0.1, -0.05) is 96.9 Å². The van der Waals surface area contributed by atoms with Crippen molar-refractivity contribution >= 4 is 97.1 Å². The molecule has 0 fully saturated rings. The van der Waals surface area contributed by atoms with Gasteiger partial charge in [-0.05, 0) is 71.5 Å². The van der Waals surface area contributed by atoms with Crippen molar-refractivity contribution in [3.63, 3.8) is 0 Å². The Labute approximate surface area is 311 Å². The molecule has 0 aliphatic carbocycles. The van der Waals surface area contributed by atoms with E-state index in [1.54, 1.807) is 6.07 Å². The number of thiophene rings is 1. The summed E-state index contributed by atoms with van der Waals surface area (Å²) in [6.45, 7) is 0. The van der Waals surface area contributed by atoms with E-state index in [0.717, 1.165) is 43.7 Å². The van der Waals surface area contributed by atoms with Gasteiger partial charge in [0.2, 0.25) is 5.89 Å². The molecule has 4 heterocycles. The summed E-state index contributed by atoms with van der Waals surface area (Å²) in [6.07, 6.45) is 0. The first kappa shape index (κ1) is 21.5. The third kappa shape index (κ3) is 3.83. The second-order valence-corrected chi connectivity index (χ2v) is 13.9. The fraction of sp³-hybridized carbons (Fsp3) is 0. The molecule has 0 radical (unpaired) electrons. The van der Waals surface area contributed by atoms with E-state index in [9.17, 15) is 0 Å². The lowest BCUT2D eigenvalue weighted by atomic mass is 10.0. The van der Waals surface area contributed by atoms with Crippen LogP contribution in [-0.4, -0.2) is 9.55 Å². The molecule has 0 amide bonds. The number of fused-ring (bicyclic) bond motifs is 13. The van der Waals surface area contributed by atoms with Gasteiger partial charge >= 0.3 is 0 Å². The van der Waals surface area contributed by atoms with E-state index in [0.29, 0.717) is 16.7 Å². The van der Waals surface area contributed by atoms with Gasteiger partial charge < -0.3 is 13.4 Å². The number of furan rings is 1. The molecule has 0 saturated carbocycles. The minimum Gasteiger partial charge on any atom is -0.455 e. The Morgan fingerprint density at radius 3 is 2.37 bits per heavy atom. The lowest BCUT2D eigenvalue weighted by Crippen LogP contribution is -1.95. The van der Waals surface area contributed by atoms with Gasteiger partial charge in [0.15, 0.2) is 5.58 Å². The lowest BCUT2D eigenvalue weighted by Gasteiger charge is -2.12. The maximum Gasteiger partial charge on any atom is 0.227 e. The van der Waals surface area contributed by atoms with Gasteiger partial charge in [0.1, 0.15) is 16.7 Å². The van der Waals surface area contributed by atoms with Crippen molar-refractivity contribution in [2.75, 3.05) is 0 Å². The maximum atomic E-state index is 9.02. The van der Waals surface area contributed by atoms with Crippen LogP contribution in [0.25, 0.3) is 114 Å². The predicted molar refractivity (Wildman–Crippen MR) is 217 cm³/mol. The molecule has 0 bridgehead atoms. The lowest BCUT2D eigenvalue weighted by molar-refractivity contribution is 0.620.